The molecule has 1 heterocycles. The number of hydrogen-bond acceptors (Lipinski definition) is 4. The third-order valence-electron chi connectivity index (χ3n) is 2.84. The van der Waals surface area contributed by atoms with Crippen molar-refractivity contribution < 1.29 is 13.2 Å². The van der Waals surface area contributed by atoms with Crippen molar-refractivity contribution in [1.29, 1.82) is 0 Å². The predicted octanol–water partition coefficient (Wildman–Crippen LogP) is 2.67. The van der Waals surface area contributed by atoms with Crippen LogP contribution in [-0.2, 0) is 6.54 Å². The molecule has 20 heavy (non-hydrogen) atoms. The number of nitrogens with one attached hydrogen (secondary N) is 1. The SMILES string of the molecule is Cc1nc(N(C)CCC(F)(F)F)ncc1CNC(C)C. The fraction of sp³-hybridized carbons (Fsp3) is 0.692. The zero-order valence-corrected chi connectivity index (χ0v) is 12.3. The molecule has 4 nitrogen and oxygen atoms in total. The third-order valence-corrected chi connectivity index (χ3v) is 2.84. The van der Waals surface area contributed by atoms with Gasteiger partial charge in [-0.25, -0.2) is 9.97 Å². The van der Waals surface area contributed by atoms with Crippen LogP contribution >= 0.6 is 0 Å². The number of rotatable bonds is 6. The second kappa shape index (κ2) is 6.88. The highest BCUT2D eigenvalue weighted by molar-refractivity contribution is 5.31. The van der Waals surface area contributed by atoms with E-state index in [0.29, 0.717) is 18.5 Å². The number of hydrogen-bond donors (Lipinski definition) is 1. The van der Waals surface area contributed by atoms with Crippen molar-refractivity contribution in [1.82, 2.24) is 15.3 Å². The Labute approximate surface area is 117 Å². The van der Waals surface area contributed by atoms with Gasteiger partial charge in [0.05, 0.1) is 6.42 Å². The van der Waals surface area contributed by atoms with Gasteiger partial charge in [-0.15, -0.1) is 0 Å². The van der Waals surface area contributed by atoms with E-state index in [1.165, 1.54) is 4.90 Å². The summed E-state index contributed by atoms with van der Waals surface area (Å²) in [6.45, 7) is 6.41. The van der Waals surface area contributed by atoms with E-state index in [1.807, 2.05) is 20.8 Å². The van der Waals surface area contributed by atoms with Gasteiger partial charge in [0, 0.05) is 43.6 Å². The minimum atomic E-state index is -4.16. The van der Waals surface area contributed by atoms with Gasteiger partial charge in [-0.1, -0.05) is 13.8 Å². The molecule has 0 aliphatic carbocycles. The van der Waals surface area contributed by atoms with Crippen LogP contribution in [0.4, 0.5) is 19.1 Å². The highest BCUT2D eigenvalue weighted by atomic mass is 19.4. The van der Waals surface area contributed by atoms with Gasteiger partial charge in [-0.05, 0) is 6.92 Å². The molecule has 1 aromatic rings. The van der Waals surface area contributed by atoms with Crippen LogP contribution in [0.25, 0.3) is 0 Å². The van der Waals surface area contributed by atoms with Crippen molar-refractivity contribution in [2.24, 2.45) is 0 Å². The van der Waals surface area contributed by atoms with Crippen molar-refractivity contribution in [2.45, 2.75) is 46.0 Å². The molecule has 0 aliphatic rings. The van der Waals surface area contributed by atoms with Crippen molar-refractivity contribution in [3.05, 3.63) is 17.5 Å². The predicted molar refractivity (Wildman–Crippen MR) is 72.7 cm³/mol. The Bertz CT molecular complexity index is 432. The van der Waals surface area contributed by atoms with Crippen LogP contribution in [0.2, 0.25) is 0 Å². The van der Waals surface area contributed by atoms with E-state index in [2.05, 4.69) is 15.3 Å². The smallest absolute Gasteiger partial charge is 0.344 e. The van der Waals surface area contributed by atoms with Gasteiger partial charge in [-0.3, -0.25) is 0 Å². The van der Waals surface area contributed by atoms with Crippen LogP contribution in [0.3, 0.4) is 0 Å². The maximum atomic E-state index is 12.2. The van der Waals surface area contributed by atoms with E-state index >= 15 is 0 Å². The van der Waals surface area contributed by atoms with Gasteiger partial charge in [0.1, 0.15) is 0 Å². The highest BCUT2D eigenvalue weighted by Gasteiger charge is 2.27. The Morgan fingerprint density at radius 1 is 1.35 bits per heavy atom. The number of aromatic nitrogens is 2. The molecule has 0 spiro atoms. The third kappa shape index (κ3) is 5.73. The zero-order valence-electron chi connectivity index (χ0n) is 12.3. The molecule has 0 aromatic carbocycles. The first-order chi connectivity index (χ1) is 9.19. The molecule has 1 rings (SSSR count). The summed E-state index contributed by atoms with van der Waals surface area (Å²) < 4.78 is 36.5. The van der Waals surface area contributed by atoms with E-state index < -0.39 is 12.6 Å². The summed E-state index contributed by atoms with van der Waals surface area (Å²) in [5.41, 5.74) is 1.73. The molecule has 114 valence electrons. The topological polar surface area (TPSA) is 41.1 Å². The average Bonchev–Trinajstić information content (AvgIpc) is 2.33. The Kier molecular flexibility index (Phi) is 5.74. The summed E-state index contributed by atoms with van der Waals surface area (Å²) in [4.78, 5) is 9.80. The molecule has 0 amide bonds. The normalized spacial score (nSPS) is 12.0. The van der Waals surface area contributed by atoms with Crippen molar-refractivity contribution in [3.63, 3.8) is 0 Å². The average molecular weight is 290 g/mol. The van der Waals surface area contributed by atoms with Crippen molar-refractivity contribution in [3.8, 4) is 0 Å². The van der Waals surface area contributed by atoms with Gasteiger partial charge in [0.2, 0.25) is 5.95 Å². The summed E-state index contributed by atoms with van der Waals surface area (Å²) in [5.74, 6) is 0.319. The minimum Gasteiger partial charge on any atom is -0.344 e. The van der Waals surface area contributed by atoms with E-state index in [-0.39, 0.29) is 6.54 Å². The van der Waals surface area contributed by atoms with Crippen LogP contribution in [0, 0.1) is 6.92 Å². The lowest BCUT2D eigenvalue weighted by Crippen LogP contribution is -2.26. The van der Waals surface area contributed by atoms with Crippen LogP contribution in [0.15, 0.2) is 6.20 Å². The molecule has 0 fully saturated rings. The maximum Gasteiger partial charge on any atom is 0.390 e. The van der Waals surface area contributed by atoms with Gasteiger partial charge in [-0.2, -0.15) is 13.2 Å². The number of aryl methyl sites for hydroxylation is 1. The zero-order chi connectivity index (χ0) is 15.3. The van der Waals surface area contributed by atoms with Crippen molar-refractivity contribution >= 4 is 5.95 Å². The molecular formula is C13H21F3N4. The molecule has 0 bridgehead atoms. The molecule has 0 aliphatic heterocycles. The Balaban J connectivity index is 2.66. The molecule has 0 saturated heterocycles. The molecule has 0 saturated carbocycles. The Morgan fingerprint density at radius 3 is 2.50 bits per heavy atom. The fourth-order valence-electron chi connectivity index (χ4n) is 1.55. The lowest BCUT2D eigenvalue weighted by molar-refractivity contribution is -0.132. The summed E-state index contributed by atoms with van der Waals surface area (Å²) in [7, 11) is 1.56. The molecule has 7 heteroatoms. The molecule has 0 radical (unpaired) electrons. The van der Waals surface area contributed by atoms with Gasteiger partial charge < -0.3 is 10.2 Å². The standard InChI is InChI=1S/C13H21F3N4/c1-9(2)17-7-11-8-18-12(19-10(11)3)20(4)6-5-13(14,15)16/h8-9,17H,5-7H2,1-4H3. The lowest BCUT2D eigenvalue weighted by Gasteiger charge is -2.19. The number of nitrogens with zero attached hydrogens (tertiary/aromatic N) is 3. The van der Waals surface area contributed by atoms with E-state index in [1.54, 1.807) is 13.2 Å². The van der Waals surface area contributed by atoms with E-state index in [0.717, 1.165) is 11.3 Å². The largest absolute Gasteiger partial charge is 0.390 e. The summed E-state index contributed by atoms with van der Waals surface area (Å²) in [5, 5.41) is 3.25. The van der Waals surface area contributed by atoms with E-state index in [4.69, 9.17) is 0 Å². The summed E-state index contributed by atoms with van der Waals surface area (Å²) >= 11 is 0. The summed E-state index contributed by atoms with van der Waals surface area (Å²) in [6.07, 6.45) is -3.37. The molecule has 1 aromatic heterocycles. The van der Waals surface area contributed by atoms with Crippen LogP contribution < -0.4 is 10.2 Å². The first-order valence-corrected chi connectivity index (χ1v) is 6.53. The van der Waals surface area contributed by atoms with E-state index in [9.17, 15) is 13.2 Å². The van der Waals surface area contributed by atoms with Gasteiger partial charge in [0.15, 0.2) is 0 Å². The highest BCUT2D eigenvalue weighted by Crippen LogP contribution is 2.20. The van der Waals surface area contributed by atoms with Crippen LogP contribution in [0.5, 0.6) is 0 Å². The fourth-order valence-corrected chi connectivity index (χ4v) is 1.55. The second-order valence-electron chi connectivity index (χ2n) is 5.10. The Hall–Kier alpha value is -1.37. The van der Waals surface area contributed by atoms with Gasteiger partial charge >= 0.3 is 6.18 Å². The van der Waals surface area contributed by atoms with Crippen LogP contribution in [0.1, 0.15) is 31.5 Å². The first kappa shape index (κ1) is 16.7. The molecule has 1 N–H and O–H groups in total. The maximum absolute atomic E-state index is 12.2. The molecule has 0 atom stereocenters. The lowest BCUT2D eigenvalue weighted by atomic mass is 10.2. The second-order valence-corrected chi connectivity index (χ2v) is 5.10. The monoisotopic (exact) mass is 290 g/mol. The summed E-state index contributed by atoms with van der Waals surface area (Å²) in [6, 6.07) is 0.350. The number of anilines is 1. The Morgan fingerprint density at radius 2 is 2.00 bits per heavy atom. The van der Waals surface area contributed by atoms with Crippen molar-refractivity contribution in [2.75, 3.05) is 18.5 Å². The van der Waals surface area contributed by atoms with Gasteiger partial charge in [0.25, 0.3) is 0 Å². The number of alkyl halides is 3. The quantitative estimate of drug-likeness (QED) is 0.874. The first-order valence-electron chi connectivity index (χ1n) is 6.53. The molecule has 0 unspecified atom stereocenters. The molecular weight excluding hydrogens is 269 g/mol. The minimum absolute atomic E-state index is 0.146. The number of halogens is 3. The van der Waals surface area contributed by atoms with Crippen LogP contribution in [-0.4, -0.2) is 35.8 Å².